The first-order valence-corrected chi connectivity index (χ1v) is 10.0. The number of likely N-dealkylation sites (tertiary alicyclic amines) is 1. The first-order chi connectivity index (χ1) is 13.3. The predicted molar refractivity (Wildman–Crippen MR) is 106 cm³/mol. The largest absolute Gasteiger partial charge is 0.469 e. The van der Waals surface area contributed by atoms with Crippen LogP contribution in [-0.4, -0.2) is 77.2 Å². The van der Waals surface area contributed by atoms with E-state index in [1.54, 1.807) is 13.4 Å². The zero-order chi connectivity index (χ0) is 19.2. The summed E-state index contributed by atoms with van der Waals surface area (Å²) in [5.41, 5.74) is 0. The second-order valence-electron chi connectivity index (χ2n) is 6.68. The van der Waals surface area contributed by atoms with Crippen molar-refractivity contribution in [2.24, 2.45) is 10.9 Å². The molecule has 0 aliphatic carbocycles. The van der Waals surface area contributed by atoms with E-state index in [0.717, 1.165) is 77.0 Å². The van der Waals surface area contributed by atoms with Gasteiger partial charge in [-0.15, -0.1) is 0 Å². The van der Waals surface area contributed by atoms with Gasteiger partial charge in [0.05, 0.1) is 26.1 Å². The van der Waals surface area contributed by atoms with Crippen LogP contribution in [0.3, 0.4) is 0 Å². The van der Waals surface area contributed by atoms with E-state index in [2.05, 4.69) is 10.2 Å². The molecule has 2 heterocycles. The Bertz CT molecular complexity index is 507. The Labute approximate surface area is 163 Å². The number of ether oxygens (including phenoxy) is 3. The van der Waals surface area contributed by atoms with Gasteiger partial charge in [0.15, 0.2) is 5.96 Å². The first-order valence-electron chi connectivity index (χ1n) is 10.0. The second-order valence-corrected chi connectivity index (χ2v) is 6.68. The van der Waals surface area contributed by atoms with E-state index < -0.39 is 0 Å². The van der Waals surface area contributed by atoms with E-state index >= 15 is 0 Å². The lowest BCUT2D eigenvalue weighted by Crippen LogP contribution is -2.41. The fourth-order valence-corrected chi connectivity index (χ4v) is 3.07. The Hall–Kier alpha value is -1.57. The molecular formula is C20H35N3O4. The fourth-order valence-electron chi connectivity index (χ4n) is 3.07. The summed E-state index contributed by atoms with van der Waals surface area (Å²) in [4.78, 5) is 7.14. The Morgan fingerprint density at radius 2 is 2.26 bits per heavy atom. The van der Waals surface area contributed by atoms with Crippen LogP contribution in [0.1, 0.15) is 25.5 Å². The quantitative estimate of drug-likeness (QED) is 0.321. The van der Waals surface area contributed by atoms with Crippen LogP contribution in [0, 0.1) is 5.92 Å². The number of nitrogens with one attached hydrogen (secondary N) is 1. The summed E-state index contributed by atoms with van der Waals surface area (Å²) >= 11 is 0. The monoisotopic (exact) mass is 381 g/mol. The molecule has 7 heteroatoms. The zero-order valence-corrected chi connectivity index (χ0v) is 16.8. The fraction of sp³-hybridized carbons (Fsp3) is 0.750. The van der Waals surface area contributed by atoms with Crippen molar-refractivity contribution in [3.05, 3.63) is 24.2 Å². The molecule has 2 rings (SSSR count). The second kappa shape index (κ2) is 13.6. The molecule has 1 fully saturated rings. The van der Waals surface area contributed by atoms with Gasteiger partial charge in [0.2, 0.25) is 0 Å². The van der Waals surface area contributed by atoms with E-state index in [9.17, 15) is 0 Å². The van der Waals surface area contributed by atoms with Crippen molar-refractivity contribution in [1.82, 2.24) is 10.2 Å². The average Bonchev–Trinajstić information content (AvgIpc) is 3.36. The number of aliphatic imine (C=N–C) groups is 1. The molecule has 0 aromatic carbocycles. The molecule has 27 heavy (non-hydrogen) atoms. The van der Waals surface area contributed by atoms with Gasteiger partial charge in [-0.1, -0.05) is 0 Å². The van der Waals surface area contributed by atoms with Gasteiger partial charge in [0, 0.05) is 58.8 Å². The molecule has 1 unspecified atom stereocenters. The number of nitrogens with zero attached hydrogens (tertiary/aromatic N) is 2. The Kier molecular flexibility index (Phi) is 10.9. The van der Waals surface area contributed by atoms with Crippen molar-refractivity contribution in [2.75, 3.05) is 66.3 Å². The van der Waals surface area contributed by atoms with Crippen LogP contribution in [-0.2, 0) is 20.6 Å². The van der Waals surface area contributed by atoms with Crippen LogP contribution in [0.2, 0.25) is 0 Å². The minimum atomic E-state index is 0.544. The maximum absolute atomic E-state index is 5.70. The highest BCUT2D eigenvalue weighted by atomic mass is 16.5. The van der Waals surface area contributed by atoms with E-state index in [-0.39, 0.29) is 0 Å². The zero-order valence-electron chi connectivity index (χ0n) is 16.8. The third kappa shape index (κ3) is 8.77. The summed E-state index contributed by atoms with van der Waals surface area (Å²) in [6.45, 7) is 9.20. The summed E-state index contributed by atoms with van der Waals surface area (Å²) in [6, 6.07) is 3.93. The van der Waals surface area contributed by atoms with E-state index in [1.165, 1.54) is 0 Å². The van der Waals surface area contributed by atoms with Crippen molar-refractivity contribution in [3.63, 3.8) is 0 Å². The van der Waals surface area contributed by atoms with E-state index in [1.807, 2.05) is 19.1 Å². The molecule has 7 nitrogen and oxygen atoms in total. The van der Waals surface area contributed by atoms with Crippen molar-refractivity contribution >= 4 is 5.96 Å². The summed E-state index contributed by atoms with van der Waals surface area (Å²) in [5.74, 6) is 2.52. The van der Waals surface area contributed by atoms with Gasteiger partial charge in [-0.05, 0) is 31.9 Å². The molecule has 0 radical (unpaired) electrons. The van der Waals surface area contributed by atoms with E-state index in [4.69, 9.17) is 23.6 Å². The van der Waals surface area contributed by atoms with Crippen LogP contribution in [0.25, 0.3) is 0 Å². The maximum atomic E-state index is 5.70. The van der Waals surface area contributed by atoms with Gasteiger partial charge >= 0.3 is 0 Å². The minimum Gasteiger partial charge on any atom is -0.469 e. The average molecular weight is 382 g/mol. The van der Waals surface area contributed by atoms with Gasteiger partial charge in [-0.2, -0.15) is 0 Å². The molecule has 0 bridgehead atoms. The topological polar surface area (TPSA) is 68.5 Å². The van der Waals surface area contributed by atoms with Crippen LogP contribution in [0.4, 0.5) is 0 Å². The first kappa shape index (κ1) is 21.7. The lowest BCUT2D eigenvalue weighted by atomic mass is 10.1. The number of hydrogen-bond acceptors (Lipinski definition) is 5. The highest BCUT2D eigenvalue weighted by Gasteiger charge is 2.25. The van der Waals surface area contributed by atoms with Gasteiger partial charge in [-0.25, -0.2) is 0 Å². The van der Waals surface area contributed by atoms with Crippen molar-refractivity contribution in [1.29, 1.82) is 0 Å². The van der Waals surface area contributed by atoms with Crippen LogP contribution < -0.4 is 5.32 Å². The predicted octanol–water partition coefficient (Wildman–Crippen LogP) is 2.18. The third-order valence-corrected chi connectivity index (χ3v) is 4.52. The SMILES string of the molecule is CCOCCCN=C(NCCc1ccco1)N1CCC(COCCOC)C1. The molecule has 1 aliphatic rings. The molecule has 0 saturated carbocycles. The smallest absolute Gasteiger partial charge is 0.193 e. The summed E-state index contributed by atoms with van der Waals surface area (Å²) in [5, 5.41) is 3.50. The molecular weight excluding hydrogens is 346 g/mol. The Morgan fingerprint density at radius 3 is 3.04 bits per heavy atom. The van der Waals surface area contributed by atoms with Gasteiger partial charge < -0.3 is 28.8 Å². The molecule has 0 spiro atoms. The molecule has 1 atom stereocenters. The number of rotatable bonds is 13. The van der Waals surface area contributed by atoms with Crippen molar-refractivity contribution in [2.45, 2.75) is 26.2 Å². The number of guanidine groups is 1. The van der Waals surface area contributed by atoms with Crippen LogP contribution in [0.5, 0.6) is 0 Å². The molecule has 1 aromatic rings. The van der Waals surface area contributed by atoms with Gasteiger partial charge in [-0.3, -0.25) is 4.99 Å². The van der Waals surface area contributed by atoms with Crippen LogP contribution >= 0.6 is 0 Å². The maximum Gasteiger partial charge on any atom is 0.193 e. The van der Waals surface area contributed by atoms with Crippen LogP contribution in [0.15, 0.2) is 27.8 Å². The highest BCUT2D eigenvalue weighted by Crippen LogP contribution is 2.16. The molecule has 1 aliphatic heterocycles. The standard InChI is InChI=1S/C20H35N3O4/c1-3-25-12-5-9-21-20(22-10-7-19-6-4-13-27-19)23-11-8-18(16-23)17-26-15-14-24-2/h4,6,13,18H,3,5,7-12,14-17H2,1-2H3,(H,21,22). The number of methoxy groups -OCH3 is 1. The lowest BCUT2D eigenvalue weighted by Gasteiger charge is -2.22. The highest BCUT2D eigenvalue weighted by molar-refractivity contribution is 5.80. The van der Waals surface area contributed by atoms with E-state index in [0.29, 0.717) is 19.1 Å². The van der Waals surface area contributed by atoms with Crippen molar-refractivity contribution < 1.29 is 18.6 Å². The minimum absolute atomic E-state index is 0.544. The number of furan rings is 1. The molecule has 1 aromatic heterocycles. The van der Waals surface area contributed by atoms with Gasteiger partial charge in [0.1, 0.15) is 5.76 Å². The summed E-state index contributed by atoms with van der Waals surface area (Å²) in [7, 11) is 1.70. The normalized spacial score (nSPS) is 17.6. The molecule has 1 saturated heterocycles. The number of hydrogen-bond donors (Lipinski definition) is 1. The Balaban J connectivity index is 1.78. The molecule has 154 valence electrons. The summed E-state index contributed by atoms with van der Waals surface area (Å²) in [6.07, 6.45) is 4.63. The third-order valence-electron chi connectivity index (χ3n) is 4.52. The molecule has 0 amide bonds. The molecule has 1 N–H and O–H groups in total. The summed E-state index contributed by atoms with van der Waals surface area (Å²) < 4.78 is 21.6. The van der Waals surface area contributed by atoms with Gasteiger partial charge in [0.25, 0.3) is 0 Å². The lowest BCUT2D eigenvalue weighted by molar-refractivity contribution is 0.0536. The van der Waals surface area contributed by atoms with Crippen molar-refractivity contribution in [3.8, 4) is 0 Å². The Morgan fingerprint density at radius 1 is 1.33 bits per heavy atom.